The van der Waals surface area contributed by atoms with Crippen molar-refractivity contribution in [1.82, 2.24) is 5.32 Å². The quantitative estimate of drug-likeness (QED) is 0.817. The fraction of sp³-hybridized carbons (Fsp3) is 0.333. The summed E-state index contributed by atoms with van der Waals surface area (Å²) in [6, 6.07) is 4.65. The fourth-order valence-electron chi connectivity index (χ4n) is 1.69. The van der Waals surface area contributed by atoms with Crippen LogP contribution >= 0.6 is 11.8 Å². The Labute approximate surface area is 108 Å². The Kier molecular flexibility index (Phi) is 4.19. The van der Waals surface area contributed by atoms with Crippen LogP contribution in [0.2, 0.25) is 0 Å². The van der Waals surface area contributed by atoms with Gasteiger partial charge in [0.25, 0.3) is 0 Å². The molecule has 0 aromatic heterocycles. The lowest BCUT2D eigenvalue weighted by molar-refractivity contribution is -0.133. The fourth-order valence-corrected chi connectivity index (χ4v) is 2.49. The zero-order valence-electron chi connectivity index (χ0n) is 9.65. The Bertz CT molecular complexity index is 491. The van der Waals surface area contributed by atoms with Crippen LogP contribution in [0.4, 0.5) is 4.39 Å². The molecule has 1 aliphatic heterocycles. The minimum Gasteiger partial charge on any atom is -0.481 e. The Hall–Kier alpha value is -1.56. The van der Waals surface area contributed by atoms with Gasteiger partial charge in [0, 0.05) is 18.0 Å². The molecule has 0 atom stereocenters. The molecule has 2 rings (SSSR count). The summed E-state index contributed by atoms with van der Waals surface area (Å²) in [4.78, 5) is 15.4. The van der Waals surface area contributed by atoms with Crippen LogP contribution in [0.25, 0.3) is 0 Å². The van der Waals surface area contributed by atoms with Crippen LogP contribution in [0.15, 0.2) is 28.1 Å². The zero-order chi connectivity index (χ0) is 13.0. The molecule has 0 amide bonds. The lowest BCUT2D eigenvalue weighted by Gasteiger charge is -2.17. The van der Waals surface area contributed by atoms with E-state index in [4.69, 9.17) is 5.11 Å². The van der Waals surface area contributed by atoms with Crippen molar-refractivity contribution in [3.8, 4) is 0 Å². The van der Waals surface area contributed by atoms with Gasteiger partial charge in [0.1, 0.15) is 11.7 Å². The molecule has 0 bridgehead atoms. The third-order valence-electron chi connectivity index (χ3n) is 2.46. The number of carbonyl (C=O) groups is 1. The van der Waals surface area contributed by atoms with Gasteiger partial charge in [-0.25, -0.2) is 4.39 Å². The third kappa shape index (κ3) is 3.01. The number of amidine groups is 1. The minimum atomic E-state index is -0.922. The van der Waals surface area contributed by atoms with Gasteiger partial charge in [0.05, 0.1) is 11.3 Å². The molecule has 4 nitrogen and oxygen atoms in total. The Morgan fingerprint density at radius 1 is 1.56 bits per heavy atom. The summed E-state index contributed by atoms with van der Waals surface area (Å²) in [5.74, 6) is -0.872. The maximum Gasteiger partial charge on any atom is 0.313 e. The maximum absolute atomic E-state index is 13.9. The van der Waals surface area contributed by atoms with Crippen LogP contribution in [0.5, 0.6) is 0 Å². The molecule has 96 valence electrons. The first kappa shape index (κ1) is 12.9. The first-order valence-electron chi connectivity index (χ1n) is 5.60. The number of rotatable bonds is 4. The molecule has 0 unspecified atom stereocenters. The molecule has 0 aliphatic carbocycles. The number of nitrogens with one attached hydrogen (secondary N) is 1. The van der Waals surface area contributed by atoms with Gasteiger partial charge in [0.2, 0.25) is 0 Å². The van der Waals surface area contributed by atoms with E-state index in [1.807, 2.05) is 0 Å². The van der Waals surface area contributed by atoms with Crippen molar-refractivity contribution < 1.29 is 14.3 Å². The summed E-state index contributed by atoms with van der Waals surface area (Å²) in [7, 11) is 0. The van der Waals surface area contributed by atoms with E-state index in [1.165, 1.54) is 6.07 Å². The molecule has 0 saturated heterocycles. The van der Waals surface area contributed by atoms with Gasteiger partial charge in [-0.05, 0) is 18.6 Å². The summed E-state index contributed by atoms with van der Waals surface area (Å²) in [6.07, 6.45) is 0.926. The summed E-state index contributed by atoms with van der Waals surface area (Å²) < 4.78 is 13.9. The van der Waals surface area contributed by atoms with E-state index in [9.17, 15) is 9.18 Å². The molecule has 1 aromatic rings. The van der Waals surface area contributed by atoms with Crippen molar-refractivity contribution in [3.05, 3.63) is 29.6 Å². The van der Waals surface area contributed by atoms with Crippen molar-refractivity contribution in [2.75, 3.05) is 18.8 Å². The Balaban J connectivity index is 2.31. The van der Waals surface area contributed by atoms with E-state index in [-0.39, 0.29) is 11.6 Å². The van der Waals surface area contributed by atoms with Gasteiger partial charge in [-0.1, -0.05) is 6.07 Å². The van der Waals surface area contributed by atoms with E-state index in [2.05, 4.69) is 10.3 Å². The van der Waals surface area contributed by atoms with E-state index in [0.717, 1.165) is 24.7 Å². The molecule has 18 heavy (non-hydrogen) atoms. The predicted octanol–water partition coefficient (Wildman–Crippen LogP) is 1.74. The number of thioether (sulfide) groups is 1. The molecule has 1 aromatic carbocycles. The lowest BCUT2D eigenvalue weighted by Crippen LogP contribution is -2.31. The van der Waals surface area contributed by atoms with Gasteiger partial charge in [-0.2, -0.15) is 0 Å². The minimum absolute atomic E-state index is 0.0935. The maximum atomic E-state index is 13.9. The first-order valence-corrected chi connectivity index (χ1v) is 6.59. The van der Waals surface area contributed by atoms with E-state index >= 15 is 0 Å². The second kappa shape index (κ2) is 5.86. The second-order valence-electron chi connectivity index (χ2n) is 3.81. The number of aliphatic imine (C=N–C) groups is 1. The van der Waals surface area contributed by atoms with Crippen LogP contribution in [-0.2, 0) is 4.79 Å². The Morgan fingerprint density at radius 3 is 3.06 bits per heavy atom. The number of aliphatic carboxylic acids is 1. The SMILES string of the molecule is O=C(O)CSc1cccc(F)c1C1=NCCCN1. The molecule has 2 N–H and O–H groups in total. The highest BCUT2D eigenvalue weighted by Gasteiger charge is 2.17. The van der Waals surface area contributed by atoms with Gasteiger partial charge in [-0.3, -0.25) is 9.79 Å². The molecule has 1 aliphatic rings. The van der Waals surface area contributed by atoms with Gasteiger partial charge < -0.3 is 10.4 Å². The molecule has 0 saturated carbocycles. The monoisotopic (exact) mass is 268 g/mol. The largest absolute Gasteiger partial charge is 0.481 e. The van der Waals surface area contributed by atoms with Gasteiger partial charge in [0.15, 0.2) is 0 Å². The second-order valence-corrected chi connectivity index (χ2v) is 4.82. The topological polar surface area (TPSA) is 61.7 Å². The van der Waals surface area contributed by atoms with E-state index in [1.54, 1.807) is 12.1 Å². The number of hydrogen-bond acceptors (Lipinski definition) is 4. The van der Waals surface area contributed by atoms with Crippen molar-refractivity contribution in [2.24, 2.45) is 4.99 Å². The summed E-state index contributed by atoms with van der Waals surface area (Å²) >= 11 is 1.10. The van der Waals surface area contributed by atoms with E-state index < -0.39 is 5.97 Å². The summed E-state index contributed by atoms with van der Waals surface area (Å²) in [6.45, 7) is 1.43. The van der Waals surface area contributed by atoms with Crippen LogP contribution in [-0.4, -0.2) is 35.8 Å². The lowest BCUT2D eigenvalue weighted by atomic mass is 10.1. The molecule has 0 spiro atoms. The zero-order valence-corrected chi connectivity index (χ0v) is 10.5. The third-order valence-corrected chi connectivity index (χ3v) is 3.50. The molecular formula is C12H13FN2O2S. The van der Waals surface area contributed by atoms with Crippen molar-refractivity contribution in [2.45, 2.75) is 11.3 Å². The predicted molar refractivity (Wildman–Crippen MR) is 68.8 cm³/mol. The summed E-state index contributed by atoms with van der Waals surface area (Å²) in [5.41, 5.74) is 0.378. The number of hydrogen-bond donors (Lipinski definition) is 2. The number of carboxylic acid groups (broad SMARTS) is 1. The molecule has 0 fully saturated rings. The highest BCUT2D eigenvalue weighted by atomic mass is 32.2. The Morgan fingerprint density at radius 2 is 2.39 bits per heavy atom. The highest BCUT2D eigenvalue weighted by Crippen LogP contribution is 2.25. The van der Waals surface area contributed by atoms with Crippen molar-refractivity contribution in [3.63, 3.8) is 0 Å². The first-order chi connectivity index (χ1) is 8.68. The van der Waals surface area contributed by atoms with Crippen molar-refractivity contribution in [1.29, 1.82) is 0 Å². The highest BCUT2D eigenvalue weighted by molar-refractivity contribution is 8.00. The average molecular weight is 268 g/mol. The number of benzene rings is 1. The van der Waals surface area contributed by atoms with Gasteiger partial charge in [-0.15, -0.1) is 11.8 Å². The molecule has 6 heteroatoms. The van der Waals surface area contributed by atoms with Crippen LogP contribution in [0.1, 0.15) is 12.0 Å². The standard InChI is InChI=1S/C12H13FN2O2S/c13-8-3-1-4-9(18-7-10(16)17)11(8)12-14-5-2-6-15-12/h1,3-4H,2,5-7H2,(H,14,15)(H,16,17). The smallest absolute Gasteiger partial charge is 0.313 e. The van der Waals surface area contributed by atoms with E-state index in [0.29, 0.717) is 22.8 Å². The van der Waals surface area contributed by atoms with Crippen molar-refractivity contribution >= 4 is 23.6 Å². The average Bonchev–Trinajstić information content (AvgIpc) is 2.37. The normalized spacial score (nSPS) is 14.8. The number of halogens is 1. The van der Waals surface area contributed by atoms with Gasteiger partial charge >= 0.3 is 5.97 Å². The molecule has 0 radical (unpaired) electrons. The van der Waals surface area contributed by atoms with Crippen LogP contribution < -0.4 is 5.32 Å². The summed E-state index contributed by atoms with van der Waals surface area (Å²) in [5, 5.41) is 11.7. The molecule has 1 heterocycles. The van der Waals surface area contributed by atoms with Crippen LogP contribution in [0.3, 0.4) is 0 Å². The number of nitrogens with zero attached hydrogens (tertiary/aromatic N) is 1. The molecular weight excluding hydrogens is 255 g/mol. The number of carboxylic acids is 1. The van der Waals surface area contributed by atoms with Crippen LogP contribution in [0, 0.1) is 5.82 Å².